The molecule has 1 saturated heterocycles. The molecule has 5 rings (SSSR count). The van der Waals surface area contributed by atoms with Crippen molar-refractivity contribution in [3.63, 3.8) is 0 Å². The highest BCUT2D eigenvalue weighted by Crippen LogP contribution is 2.48. The smallest absolute Gasteiger partial charge is 0.0635 e. The highest BCUT2D eigenvalue weighted by Gasteiger charge is 2.50. The molecule has 0 bridgehead atoms. The molecule has 0 atom stereocenters. The van der Waals surface area contributed by atoms with Crippen molar-refractivity contribution in [1.82, 2.24) is 9.88 Å². The Hall–Kier alpha value is -3.27. The van der Waals surface area contributed by atoms with Gasteiger partial charge in [-0.15, -0.1) is 0 Å². The van der Waals surface area contributed by atoms with Gasteiger partial charge in [0.2, 0.25) is 0 Å². The maximum Gasteiger partial charge on any atom is 0.0635 e. The largest absolute Gasteiger partial charge is 0.324 e. The first-order valence-corrected chi connectivity index (χ1v) is 15.7. The van der Waals surface area contributed by atoms with E-state index in [-0.39, 0.29) is 16.4 Å². The molecule has 1 aliphatic rings. The molecule has 1 aromatic heterocycles. The summed E-state index contributed by atoms with van der Waals surface area (Å²) in [7, 11) is 0. The van der Waals surface area contributed by atoms with Gasteiger partial charge in [-0.2, -0.15) is 0 Å². The predicted molar refractivity (Wildman–Crippen MR) is 172 cm³/mol. The molecule has 0 amide bonds. The fourth-order valence-corrected chi connectivity index (χ4v) is 7.75. The summed E-state index contributed by atoms with van der Waals surface area (Å²) in [6.45, 7) is 7.70. The van der Waals surface area contributed by atoms with E-state index in [9.17, 15) is 0 Å². The lowest BCUT2D eigenvalue weighted by Gasteiger charge is -2.54. The summed E-state index contributed by atoms with van der Waals surface area (Å²) in [4.78, 5) is 7.65. The second kappa shape index (κ2) is 13.1. The van der Waals surface area contributed by atoms with Gasteiger partial charge in [-0.05, 0) is 80.6 Å². The lowest BCUT2D eigenvalue weighted by atomic mass is 9.57. The quantitative estimate of drug-likeness (QED) is 0.195. The Balaban J connectivity index is 1.46. The van der Waals surface area contributed by atoms with Crippen LogP contribution in [0.5, 0.6) is 0 Å². The standard InChI is InChI=1S/C38H47N3/c1-3-23-37(39,24-4-2)36(32-16-8-5-9-17-32)25-29-41(30-26-36)31-27-38(33-18-10-6-11-19-33,34-20-12-7-13-21-34)35-22-14-15-28-40-35/h5-22,28H,3-4,23-27,29-31,39H2,1-2H3. The van der Waals surface area contributed by atoms with Crippen LogP contribution < -0.4 is 5.73 Å². The zero-order valence-electron chi connectivity index (χ0n) is 25.0. The molecule has 0 aliphatic carbocycles. The zero-order valence-corrected chi connectivity index (χ0v) is 25.0. The summed E-state index contributed by atoms with van der Waals surface area (Å²) in [5.41, 5.74) is 12.1. The lowest BCUT2D eigenvalue weighted by Crippen LogP contribution is -2.62. The number of pyridine rings is 1. The van der Waals surface area contributed by atoms with Gasteiger partial charge in [-0.1, -0.05) is 124 Å². The van der Waals surface area contributed by atoms with E-state index in [1.807, 2.05) is 12.3 Å². The van der Waals surface area contributed by atoms with Crippen molar-refractivity contribution in [1.29, 1.82) is 0 Å². The average molecular weight is 546 g/mol. The van der Waals surface area contributed by atoms with Crippen molar-refractivity contribution in [3.05, 3.63) is 138 Å². The Morgan fingerprint density at radius 1 is 0.683 bits per heavy atom. The summed E-state index contributed by atoms with van der Waals surface area (Å²) >= 11 is 0. The van der Waals surface area contributed by atoms with Gasteiger partial charge in [0.1, 0.15) is 0 Å². The maximum absolute atomic E-state index is 7.45. The monoisotopic (exact) mass is 545 g/mol. The van der Waals surface area contributed by atoms with Crippen molar-refractivity contribution < 1.29 is 0 Å². The third kappa shape index (κ3) is 5.76. The molecule has 3 aromatic carbocycles. The van der Waals surface area contributed by atoms with Crippen molar-refractivity contribution in [2.45, 2.75) is 75.2 Å². The molecule has 0 spiro atoms. The second-order valence-corrected chi connectivity index (χ2v) is 12.0. The molecule has 2 heterocycles. The van der Waals surface area contributed by atoms with Crippen LogP contribution in [0.15, 0.2) is 115 Å². The van der Waals surface area contributed by atoms with Crippen LogP contribution in [0.1, 0.15) is 81.2 Å². The molecule has 4 aromatic rings. The van der Waals surface area contributed by atoms with Gasteiger partial charge in [-0.3, -0.25) is 4.98 Å². The zero-order chi connectivity index (χ0) is 28.6. The Morgan fingerprint density at radius 2 is 1.20 bits per heavy atom. The van der Waals surface area contributed by atoms with Crippen molar-refractivity contribution in [2.75, 3.05) is 19.6 Å². The van der Waals surface area contributed by atoms with Crippen LogP contribution in [0.2, 0.25) is 0 Å². The van der Waals surface area contributed by atoms with Crippen LogP contribution in [-0.2, 0) is 10.8 Å². The van der Waals surface area contributed by atoms with Crippen LogP contribution in [-0.4, -0.2) is 35.1 Å². The third-order valence-corrected chi connectivity index (χ3v) is 9.82. The fraction of sp³-hybridized carbons (Fsp3) is 0.395. The highest BCUT2D eigenvalue weighted by atomic mass is 15.1. The summed E-state index contributed by atoms with van der Waals surface area (Å²) in [5.74, 6) is 0. The fourth-order valence-electron chi connectivity index (χ4n) is 7.75. The highest BCUT2D eigenvalue weighted by molar-refractivity contribution is 5.48. The number of likely N-dealkylation sites (tertiary alicyclic amines) is 1. The number of hydrogen-bond acceptors (Lipinski definition) is 3. The molecule has 0 unspecified atom stereocenters. The predicted octanol–water partition coefficient (Wildman–Crippen LogP) is 8.14. The lowest BCUT2D eigenvalue weighted by molar-refractivity contribution is 0.0783. The van der Waals surface area contributed by atoms with E-state index >= 15 is 0 Å². The molecule has 214 valence electrons. The molecular weight excluding hydrogens is 498 g/mol. The Bertz CT molecular complexity index is 1210. The number of aromatic nitrogens is 1. The van der Waals surface area contributed by atoms with Crippen LogP contribution in [0.25, 0.3) is 0 Å². The Morgan fingerprint density at radius 3 is 1.68 bits per heavy atom. The first kappa shape index (κ1) is 29.2. The molecule has 0 radical (unpaired) electrons. The van der Waals surface area contributed by atoms with E-state index in [2.05, 4.69) is 122 Å². The molecule has 3 nitrogen and oxygen atoms in total. The van der Waals surface area contributed by atoms with E-state index in [4.69, 9.17) is 10.7 Å². The van der Waals surface area contributed by atoms with Crippen LogP contribution in [0.3, 0.4) is 0 Å². The topological polar surface area (TPSA) is 42.1 Å². The van der Waals surface area contributed by atoms with Crippen molar-refractivity contribution in [3.8, 4) is 0 Å². The molecular formula is C38H47N3. The SMILES string of the molecule is CCCC(N)(CCC)C1(c2ccccc2)CCN(CCC(c2ccccc2)(c2ccccc2)c2ccccn2)CC1. The van der Waals surface area contributed by atoms with Crippen LogP contribution in [0, 0.1) is 0 Å². The molecule has 2 N–H and O–H groups in total. The first-order chi connectivity index (χ1) is 20.1. The average Bonchev–Trinajstić information content (AvgIpc) is 3.04. The molecule has 41 heavy (non-hydrogen) atoms. The number of hydrogen-bond donors (Lipinski definition) is 1. The number of benzene rings is 3. The summed E-state index contributed by atoms with van der Waals surface area (Å²) < 4.78 is 0. The minimum Gasteiger partial charge on any atom is -0.324 e. The first-order valence-electron chi connectivity index (χ1n) is 15.7. The van der Waals surface area contributed by atoms with E-state index < -0.39 is 0 Å². The van der Waals surface area contributed by atoms with E-state index in [1.165, 1.54) is 16.7 Å². The van der Waals surface area contributed by atoms with Gasteiger partial charge in [0.15, 0.2) is 0 Å². The number of rotatable bonds is 12. The van der Waals surface area contributed by atoms with Crippen LogP contribution >= 0.6 is 0 Å². The minimum absolute atomic E-state index is 0.00765. The van der Waals surface area contributed by atoms with Crippen molar-refractivity contribution >= 4 is 0 Å². The molecule has 1 fully saturated rings. The molecule has 3 heteroatoms. The second-order valence-electron chi connectivity index (χ2n) is 12.0. The Labute approximate surface area is 247 Å². The van der Waals surface area contributed by atoms with Gasteiger partial charge in [0.25, 0.3) is 0 Å². The van der Waals surface area contributed by atoms with Gasteiger partial charge >= 0.3 is 0 Å². The number of nitrogens with zero attached hydrogens (tertiary/aromatic N) is 2. The maximum atomic E-state index is 7.45. The summed E-state index contributed by atoms with van der Waals surface area (Å²) in [5, 5.41) is 0. The number of nitrogens with two attached hydrogens (primary N) is 1. The van der Waals surface area contributed by atoms with Crippen molar-refractivity contribution in [2.24, 2.45) is 5.73 Å². The molecule has 1 aliphatic heterocycles. The van der Waals surface area contributed by atoms with E-state index in [0.29, 0.717) is 0 Å². The van der Waals surface area contributed by atoms with E-state index in [1.54, 1.807) is 0 Å². The third-order valence-electron chi connectivity index (χ3n) is 9.82. The normalized spacial score (nSPS) is 16.0. The van der Waals surface area contributed by atoms with Gasteiger partial charge in [0, 0.05) is 17.2 Å². The Kier molecular flexibility index (Phi) is 9.37. The minimum atomic E-state index is -0.320. The van der Waals surface area contributed by atoms with E-state index in [0.717, 1.165) is 70.3 Å². The van der Waals surface area contributed by atoms with Gasteiger partial charge < -0.3 is 10.6 Å². The molecule has 0 saturated carbocycles. The van der Waals surface area contributed by atoms with Crippen LogP contribution in [0.4, 0.5) is 0 Å². The summed E-state index contributed by atoms with van der Waals surface area (Å²) in [6, 6.07) is 39.5. The van der Waals surface area contributed by atoms with Gasteiger partial charge in [-0.25, -0.2) is 0 Å². The van der Waals surface area contributed by atoms with Gasteiger partial charge in [0.05, 0.1) is 11.1 Å². The number of piperidine rings is 1. The summed E-state index contributed by atoms with van der Waals surface area (Å²) in [6.07, 6.45) is 9.48.